The summed E-state index contributed by atoms with van der Waals surface area (Å²) in [5.74, 6) is -0.0414. The molecule has 1 aliphatic rings. The second-order valence-electron chi connectivity index (χ2n) is 6.76. The van der Waals surface area contributed by atoms with Crippen LogP contribution in [0.3, 0.4) is 0 Å². The highest BCUT2D eigenvalue weighted by Crippen LogP contribution is 2.27. The van der Waals surface area contributed by atoms with Crippen molar-refractivity contribution in [2.75, 3.05) is 36.4 Å². The topological polar surface area (TPSA) is 64.7 Å². The van der Waals surface area contributed by atoms with Crippen LogP contribution in [0.4, 0.5) is 16.2 Å². The van der Waals surface area contributed by atoms with Crippen molar-refractivity contribution in [3.8, 4) is 0 Å². The fourth-order valence-electron chi connectivity index (χ4n) is 3.33. The van der Waals surface area contributed by atoms with Crippen LogP contribution in [-0.2, 0) is 4.79 Å². The highest BCUT2D eigenvalue weighted by atomic mass is 16.2. The first-order valence-corrected chi connectivity index (χ1v) is 9.46. The standard InChI is InChI=1S/C22H26N4O2/c1-3-21(27)26-15-13-25(14-16-26)20-12-8-7-11-19(20)24-22(28)23-17(2)18-9-5-4-6-10-18/h3-12,17H,1,13-16H2,2H3,(H2,23,24,28)/t17-/m0/s1. The van der Waals surface area contributed by atoms with Gasteiger partial charge in [-0.2, -0.15) is 0 Å². The van der Waals surface area contributed by atoms with Gasteiger partial charge in [-0.05, 0) is 30.7 Å². The van der Waals surface area contributed by atoms with E-state index in [0.29, 0.717) is 26.2 Å². The summed E-state index contributed by atoms with van der Waals surface area (Å²) in [6, 6.07) is 17.2. The molecule has 3 rings (SSSR count). The maximum Gasteiger partial charge on any atom is 0.319 e. The lowest BCUT2D eigenvalue weighted by Crippen LogP contribution is -2.48. The Morgan fingerprint density at radius 3 is 2.32 bits per heavy atom. The molecule has 28 heavy (non-hydrogen) atoms. The van der Waals surface area contributed by atoms with Crippen molar-refractivity contribution in [3.05, 3.63) is 72.8 Å². The van der Waals surface area contributed by atoms with Crippen LogP contribution in [0.25, 0.3) is 0 Å². The molecule has 0 bridgehead atoms. The summed E-state index contributed by atoms with van der Waals surface area (Å²) in [5.41, 5.74) is 2.76. The number of anilines is 2. The third-order valence-electron chi connectivity index (χ3n) is 4.91. The predicted octanol–water partition coefficient (Wildman–Crippen LogP) is 3.40. The Bertz CT molecular complexity index is 829. The van der Waals surface area contributed by atoms with E-state index in [2.05, 4.69) is 22.1 Å². The summed E-state index contributed by atoms with van der Waals surface area (Å²) in [5, 5.41) is 5.94. The van der Waals surface area contributed by atoms with Gasteiger partial charge in [0.2, 0.25) is 5.91 Å². The van der Waals surface area contributed by atoms with Gasteiger partial charge in [0, 0.05) is 26.2 Å². The molecule has 3 amide bonds. The first-order chi connectivity index (χ1) is 13.6. The second-order valence-corrected chi connectivity index (χ2v) is 6.76. The summed E-state index contributed by atoms with van der Waals surface area (Å²) in [7, 11) is 0. The van der Waals surface area contributed by atoms with Gasteiger partial charge in [-0.1, -0.05) is 49.0 Å². The molecule has 0 aliphatic carbocycles. The van der Waals surface area contributed by atoms with E-state index in [4.69, 9.17) is 0 Å². The Morgan fingerprint density at radius 2 is 1.64 bits per heavy atom. The maximum absolute atomic E-state index is 12.5. The fraction of sp³-hybridized carbons (Fsp3) is 0.273. The first kappa shape index (κ1) is 19.5. The smallest absolute Gasteiger partial charge is 0.319 e. The van der Waals surface area contributed by atoms with Crippen molar-refractivity contribution < 1.29 is 9.59 Å². The molecule has 1 saturated heterocycles. The number of para-hydroxylation sites is 2. The summed E-state index contributed by atoms with van der Waals surface area (Å²) < 4.78 is 0. The Morgan fingerprint density at radius 1 is 1.00 bits per heavy atom. The predicted molar refractivity (Wildman–Crippen MR) is 112 cm³/mol. The molecule has 2 aromatic carbocycles. The van der Waals surface area contributed by atoms with Gasteiger partial charge in [-0.15, -0.1) is 0 Å². The van der Waals surface area contributed by atoms with Crippen molar-refractivity contribution in [2.45, 2.75) is 13.0 Å². The van der Waals surface area contributed by atoms with Crippen LogP contribution in [-0.4, -0.2) is 43.0 Å². The van der Waals surface area contributed by atoms with Crippen molar-refractivity contribution in [1.82, 2.24) is 10.2 Å². The van der Waals surface area contributed by atoms with E-state index in [9.17, 15) is 9.59 Å². The summed E-state index contributed by atoms with van der Waals surface area (Å²) >= 11 is 0. The summed E-state index contributed by atoms with van der Waals surface area (Å²) in [4.78, 5) is 28.2. The molecule has 1 fully saturated rings. The van der Waals surface area contributed by atoms with E-state index in [1.165, 1.54) is 6.08 Å². The number of nitrogens with one attached hydrogen (secondary N) is 2. The normalized spacial score (nSPS) is 14.9. The maximum atomic E-state index is 12.5. The number of rotatable bonds is 5. The SMILES string of the molecule is C=CC(=O)N1CCN(c2ccccc2NC(=O)N[C@@H](C)c2ccccc2)CC1. The van der Waals surface area contributed by atoms with E-state index in [1.54, 1.807) is 4.90 Å². The van der Waals surface area contributed by atoms with Crippen LogP contribution < -0.4 is 15.5 Å². The third-order valence-corrected chi connectivity index (χ3v) is 4.91. The van der Waals surface area contributed by atoms with E-state index in [0.717, 1.165) is 16.9 Å². The number of nitrogens with zero attached hydrogens (tertiary/aromatic N) is 2. The summed E-state index contributed by atoms with van der Waals surface area (Å²) in [6.45, 7) is 8.19. The molecule has 0 radical (unpaired) electrons. The van der Waals surface area contributed by atoms with E-state index in [1.807, 2.05) is 61.5 Å². The zero-order valence-corrected chi connectivity index (χ0v) is 16.1. The first-order valence-electron chi connectivity index (χ1n) is 9.46. The number of hydrogen-bond acceptors (Lipinski definition) is 3. The molecule has 6 heteroatoms. The van der Waals surface area contributed by atoms with E-state index < -0.39 is 0 Å². The third kappa shape index (κ3) is 4.71. The minimum absolute atomic E-state index is 0.0414. The monoisotopic (exact) mass is 378 g/mol. The van der Waals surface area contributed by atoms with Crippen LogP contribution >= 0.6 is 0 Å². The molecule has 2 N–H and O–H groups in total. The largest absolute Gasteiger partial charge is 0.366 e. The molecule has 1 heterocycles. The fourth-order valence-corrected chi connectivity index (χ4v) is 3.33. The van der Waals surface area contributed by atoms with Gasteiger partial charge in [0.25, 0.3) is 0 Å². The van der Waals surface area contributed by atoms with Gasteiger partial charge in [0.15, 0.2) is 0 Å². The minimum atomic E-state index is -0.246. The molecule has 0 unspecified atom stereocenters. The minimum Gasteiger partial charge on any atom is -0.366 e. The zero-order valence-electron chi connectivity index (χ0n) is 16.1. The van der Waals surface area contributed by atoms with Crippen molar-refractivity contribution in [2.24, 2.45) is 0 Å². The van der Waals surface area contributed by atoms with Gasteiger partial charge >= 0.3 is 6.03 Å². The van der Waals surface area contributed by atoms with Gasteiger partial charge in [-0.25, -0.2) is 4.79 Å². The Labute approximate surface area is 165 Å². The Balaban J connectivity index is 1.63. The lowest BCUT2D eigenvalue weighted by molar-refractivity contribution is -0.126. The molecule has 146 valence electrons. The van der Waals surface area contributed by atoms with Crippen molar-refractivity contribution >= 4 is 23.3 Å². The number of piperazine rings is 1. The molecule has 6 nitrogen and oxygen atoms in total. The van der Waals surface area contributed by atoms with Crippen LogP contribution in [0.15, 0.2) is 67.3 Å². The molecule has 0 aromatic heterocycles. The highest BCUT2D eigenvalue weighted by molar-refractivity contribution is 5.93. The molecule has 1 aliphatic heterocycles. The molecule has 0 spiro atoms. The van der Waals surface area contributed by atoms with Crippen LogP contribution in [0.1, 0.15) is 18.5 Å². The number of carbonyl (C=O) groups is 2. The summed E-state index contributed by atoms with van der Waals surface area (Å²) in [6.07, 6.45) is 1.35. The quantitative estimate of drug-likeness (QED) is 0.784. The van der Waals surface area contributed by atoms with Crippen molar-refractivity contribution in [3.63, 3.8) is 0 Å². The number of hydrogen-bond donors (Lipinski definition) is 2. The molecule has 2 aromatic rings. The number of amides is 3. The van der Waals surface area contributed by atoms with Gasteiger partial charge in [0.1, 0.15) is 0 Å². The van der Waals surface area contributed by atoms with Gasteiger partial charge < -0.3 is 20.4 Å². The Hall–Kier alpha value is -3.28. The Kier molecular flexibility index (Phi) is 6.32. The average molecular weight is 378 g/mol. The zero-order chi connectivity index (χ0) is 19.9. The lowest BCUT2D eigenvalue weighted by atomic mass is 10.1. The van der Waals surface area contributed by atoms with Gasteiger partial charge in [-0.3, -0.25) is 4.79 Å². The average Bonchev–Trinajstić information content (AvgIpc) is 2.74. The number of benzene rings is 2. The number of urea groups is 1. The van der Waals surface area contributed by atoms with E-state index in [-0.39, 0.29) is 18.0 Å². The second kappa shape index (κ2) is 9.08. The molecular weight excluding hydrogens is 352 g/mol. The van der Waals surface area contributed by atoms with Gasteiger partial charge in [0.05, 0.1) is 17.4 Å². The molecular formula is C22H26N4O2. The molecule has 1 atom stereocenters. The number of carbonyl (C=O) groups excluding carboxylic acids is 2. The molecule has 0 saturated carbocycles. The van der Waals surface area contributed by atoms with Crippen LogP contribution in [0.2, 0.25) is 0 Å². The lowest BCUT2D eigenvalue weighted by Gasteiger charge is -2.36. The van der Waals surface area contributed by atoms with Crippen molar-refractivity contribution in [1.29, 1.82) is 0 Å². The van der Waals surface area contributed by atoms with Crippen LogP contribution in [0.5, 0.6) is 0 Å². The van der Waals surface area contributed by atoms with E-state index >= 15 is 0 Å². The highest BCUT2D eigenvalue weighted by Gasteiger charge is 2.21. The van der Waals surface area contributed by atoms with Crippen LogP contribution in [0, 0.1) is 0 Å².